The minimum Gasteiger partial charge on any atom is -0.506 e. The SMILES string of the molecule is Oc1cccc2c1NC(c1ccc(Cl)cc1Cl)C1CC=CC21. The van der Waals surface area contributed by atoms with Gasteiger partial charge in [-0.25, -0.2) is 0 Å². The van der Waals surface area contributed by atoms with Crippen molar-refractivity contribution in [1.29, 1.82) is 0 Å². The maximum Gasteiger partial charge on any atom is 0.138 e. The number of hydrogen-bond acceptors (Lipinski definition) is 2. The molecule has 2 aliphatic rings. The van der Waals surface area contributed by atoms with Crippen LogP contribution in [0.5, 0.6) is 5.75 Å². The number of fused-ring (bicyclic) bond motifs is 3. The van der Waals surface area contributed by atoms with Gasteiger partial charge in [0.05, 0.1) is 11.7 Å². The van der Waals surface area contributed by atoms with Gasteiger partial charge in [0.25, 0.3) is 0 Å². The third-order valence-electron chi connectivity index (χ3n) is 4.67. The van der Waals surface area contributed by atoms with Gasteiger partial charge in [0.15, 0.2) is 0 Å². The predicted octanol–water partition coefficient (Wildman–Crippen LogP) is 5.53. The molecular weight excluding hydrogens is 317 g/mol. The van der Waals surface area contributed by atoms with Crippen molar-refractivity contribution < 1.29 is 5.11 Å². The number of nitrogens with one attached hydrogen (secondary N) is 1. The van der Waals surface area contributed by atoms with Crippen molar-refractivity contribution >= 4 is 28.9 Å². The zero-order chi connectivity index (χ0) is 15.3. The molecule has 4 heteroatoms. The molecule has 4 rings (SSSR count). The Morgan fingerprint density at radius 3 is 2.77 bits per heavy atom. The smallest absolute Gasteiger partial charge is 0.138 e. The van der Waals surface area contributed by atoms with Gasteiger partial charge in [0.1, 0.15) is 5.75 Å². The van der Waals surface area contributed by atoms with Crippen LogP contribution in [0.2, 0.25) is 10.0 Å². The highest BCUT2D eigenvalue weighted by Gasteiger charge is 2.39. The van der Waals surface area contributed by atoms with Gasteiger partial charge in [-0.3, -0.25) is 0 Å². The number of benzene rings is 2. The first-order valence-corrected chi connectivity index (χ1v) is 8.11. The van der Waals surface area contributed by atoms with Crippen molar-refractivity contribution in [2.75, 3.05) is 5.32 Å². The van der Waals surface area contributed by atoms with Crippen molar-refractivity contribution in [3.05, 3.63) is 69.7 Å². The van der Waals surface area contributed by atoms with Gasteiger partial charge >= 0.3 is 0 Å². The Hall–Kier alpha value is -1.64. The summed E-state index contributed by atoms with van der Waals surface area (Å²) in [7, 11) is 0. The monoisotopic (exact) mass is 331 g/mol. The van der Waals surface area contributed by atoms with Gasteiger partial charge in [0, 0.05) is 16.0 Å². The van der Waals surface area contributed by atoms with Crippen molar-refractivity contribution in [3.63, 3.8) is 0 Å². The Kier molecular flexibility index (Phi) is 3.32. The quantitative estimate of drug-likeness (QED) is 0.532. The standard InChI is InChI=1S/C18H15Cl2NO/c19-10-7-8-14(15(20)9-10)17-12-4-1-3-11(12)13-5-2-6-16(22)18(13)21-17/h1-3,5-9,11-12,17,21-22H,4H2. The maximum absolute atomic E-state index is 10.2. The number of aromatic hydroxyl groups is 1. The lowest BCUT2D eigenvalue weighted by molar-refractivity contribution is 0.415. The second kappa shape index (κ2) is 5.22. The zero-order valence-corrected chi connectivity index (χ0v) is 13.3. The molecule has 3 atom stereocenters. The summed E-state index contributed by atoms with van der Waals surface area (Å²) in [6.45, 7) is 0. The topological polar surface area (TPSA) is 32.3 Å². The number of phenols is 1. The Bertz CT molecular complexity index is 772. The van der Waals surface area contributed by atoms with E-state index in [0.717, 1.165) is 23.2 Å². The maximum atomic E-state index is 10.2. The highest BCUT2D eigenvalue weighted by Crippen LogP contribution is 2.52. The van der Waals surface area contributed by atoms with Gasteiger partial charge in [-0.05, 0) is 41.7 Å². The molecule has 2 N–H and O–H groups in total. The van der Waals surface area contributed by atoms with Crippen LogP contribution in [-0.4, -0.2) is 5.11 Å². The Morgan fingerprint density at radius 2 is 1.95 bits per heavy atom. The van der Waals surface area contributed by atoms with Crippen LogP contribution in [0, 0.1) is 5.92 Å². The molecule has 0 spiro atoms. The molecule has 112 valence electrons. The van der Waals surface area contributed by atoms with Gasteiger partial charge in [-0.1, -0.05) is 53.6 Å². The molecule has 1 aliphatic carbocycles. The molecule has 3 unspecified atom stereocenters. The van der Waals surface area contributed by atoms with E-state index in [-0.39, 0.29) is 11.8 Å². The fraction of sp³-hybridized carbons (Fsp3) is 0.222. The number of hydrogen-bond donors (Lipinski definition) is 2. The molecule has 0 saturated heterocycles. The van der Waals surface area contributed by atoms with E-state index in [1.165, 1.54) is 0 Å². The fourth-order valence-corrected chi connectivity index (χ4v) is 4.19. The minimum absolute atomic E-state index is 0.0607. The molecular formula is C18H15Cl2NO. The van der Waals surface area contributed by atoms with Crippen LogP contribution in [0.15, 0.2) is 48.6 Å². The average molecular weight is 332 g/mol. The lowest BCUT2D eigenvalue weighted by Gasteiger charge is -2.38. The van der Waals surface area contributed by atoms with Crippen molar-refractivity contribution in [3.8, 4) is 5.75 Å². The predicted molar refractivity (Wildman–Crippen MR) is 90.9 cm³/mol. The molecule has 2 nitrogen and oxygen atoms in total. The summed E-state index contributed by atoms with van der Waals surface area (Å²) in [6, 6.07) is 11.4. The van der Waals surface area contributed by atoms with E-state index < -0.39 is 0 Å². The van der Waals surface area contributed by atoms with Gasteiger partial charge < -0.3 is 10.4 Å². The molecule has 0 radical (unpaired) electrons. The summed E-state index contributed by atoms with van der Waals surface area (Å²) in [5.74, 6) is 0.986. The van der Waals surface area contributed by atoms with E-state index in [0.29, 0.717) is 21.9 Å². The zero-order valence-electron chi connectivity index (χ0n) is 11.8. The molecule has 2 aromatic carbocycles. The van der Waals surface area contributed by atoms with Crippen LogP contribution in [0.4, 0.5) is 5.69 Å². The molecule has 1 aliphatic heterocycles. The minimum atomic E-state index is 0.0607. The van der Waals surface area contributed by atoms with Gasteiger partial charge in [-0.2, -0.15) is 0 Å². The number of rotatable bonds is 1. The number of phenolic OH excluding ortho intramolecular Hbond substituents is 1. The lowest BCUT2D eigenvalue weighted by atomic mass is 9.77. The lowest BCUT2D eigenvalue weighted by Crippen LogP contribution is -2.29. The number of allylic oxidation sites excluding steroid dienone is 2. The highest BCUT2D eigenvalue weighted by molar-refractivity contribution is 6.35. The van der Waals surface area contributed by atoms with Crippen molar-refractivity contribution in [2.24, 2.45) is 5.92 Å². The van der Waals surface area contributed by atoms with Crippen LogP contribution in [0.25, 0.3) is 0 Å². The second-order valence-corrected chi connectivity index (χ2v) is 6.73. The molecule has 2 aromatic rings. The normalized spacial score (nSPS) is 25.5. The molecule has 0 fully saturated rings. The van der Waals surface area contributed by atoms with E-state index in [1.807, 2.05) is 18.2 Å². The Balaban J connectivity index is 1.84. The summed E-state index contributed by atoms with van der Waals surface area (Å²) in [6.07, 6.45) is 5.45. The van der Waals surface area contributed by atoms with Crippen LogP contribution in [0.3, 0.4) is 0 Å². The molecule has 22 heavy (non-hydrogen) atoms. The van der Waals surface area contributed by atoms with E-state index in [1.54, 1.807) is 12.1 Å². The first-order valence-electron chi connectivity index (χ1n) is 7.35. The Labute approximate surface area is 139 Å². The van der Waals surface area contributed by atoms with Crippen LogP contribution in [0.1, 0.15) is 29.5 Å². The average Bonchev–Trinajstić information content (AvgIpc) is 2.97. The molecule has 0 aromatic heterocycles. The van der Waals surface area contributed by atoms with E-state index in [9.17, 15) is 5.11 Å². The van der Waals surface area contributed by atoms with E-state index >= 15 is 0 Å². The summed E-state index contributed by atoms with van der Waals surface area (Å²) >= 11 is 12.4. The van der Waals surface area contributed by atoms with Crippen LogP contribution >= 0.6 is 23.2 Å². The summed E-state index contributed by atoms with van der Waals surface area (Å²) in [5.41, 5.74) is 2.99. The second-order valence-electron chi connectivity index (χ2n) is 5.88. The van der Waals surface area contributed by atoms with Gasteiger partial charge in [0.2, 0.25) is 0 Å². The van der Waals surface area contributed by atoms with E-state index in [4.69, 9.17) is 23.2 Å². The van der Waals surface area contributed by atoms with E-state index in [2.05, 4.69) is 23.5 Å². The molecule has 1 heterocycles. The summed E-state index contributed by atoms with van der Waals surface area (Å²) in [5, 5.41) is 15.0. The van der Waals surface area contributed by atoms with Crippen LogP contribution in [-0.2, 0) is 0 Å². The molecule has 0 saturated carbocycles. The largest absolute Gasteiger partial charge is 0.506 e. The third-order valence-corrected chi connectivity index (χ3v) is 5.23. The van der Waals surface area contributed by atoms with Crippen LogP contribution < -0.4 is 5.32 Å². The van der Waals surface area contributed by atoms with Gasteiger partial charge in [-0.15, -0.1) is 0 Å². The molecule has 0 bridgehead atoms. The molecule has 0 amide bonds. The van der Waals surface area contributed by atoms with Crippen molar-refractivity contribution in [2.45, 2.75) is 18.4 Å². The van der Waals surface area contributed by atoms with Crippen molar-refractivity contribution in [1.82, 2.24) is 0 Å². The number of para-hydroxylation sites is 1. The first kappa shape index (κ1) is 14.0. The number of halogens is 2. The summed E-state index contributed by atoms with van der Waals surface area (Å²) < 4.78 is 0. The third kappa shape index (κ3) is 2.10. The highest BCUT2D eigenvalue weighted by atomic mass is 35.5. The summed E-state index contributed by atoms with van der Waals surface area (Å²) in [4.78, 5) is 0. The fourth-order valence-electron chi connectivity index (χ4n) is 3.67. The Morgan fingerprint density at radius 1 is 1.09 bits per heavy atom. The number of anilines is 1. The first-order chi connectivity index (χ1) is 10.6.